The first-order chi connectivity index (χ1) is 8.26. The minimum absolute atomic E-state index is 0.253. The molecule has 0 saturated heterocycles. The Bertz CT molecular complexity index is 383. The van der Waals surface area contributed by atoms with Crippen LogP contribution >= 0.6 is 11.8 Å². The molecule has 18 heavy (non-hydrogen) atoms. The lowest BCUT2D eigenvalue weighted by Crippen LogP contribution is -2.23. The summed E-state index contributed by atoms with van der Waals surface area (Å²) in [5.41, 5.74) is 2.13. The number of nitrogens with zero attached hydrogens (tertiary/aromatic N) is 2. The average Bonchev–Trinajstić information content (AvgIpc) is 2.22. The van der Waals surface area contributed by atoms with Crippen LogP contribution in [0.2, 0.25) is 0 Å². The summed E-state index contributed by atoms with van der Waals surface area (Å²) in [5.74, 6) is 1.82. The van der Waals surface area contributed by atoms with Gasteiger partial charge in [0.15, 0.2) is 0 Å². The van der Waals surface area contributed by atoms with Crippen LogP contribution in [0.4, 0.5) is 0 Å². The predicted octanol–water partition coefficient (Wildman–Crippen LogP) is 3.31. The van der Waals surface area contributed by atoms with Crippen molar-refractivity contribution in [2.24, 2.45) is 0 Å². The highest BCUT2D eigenvalue weighted by atomic mass is 32.2. The van der Waals surface area contributed by atoms with Crippen molar-refractivity contribution in [3.8, 4) is 0 Å². The molecular formula is C14H25N3S. The molecule has 0 bridgehead atoms. The smallest absolute Gasteiger partial charge is 0.138 e. The van der Waals surface area contributed by atoms with E-state index in [2.05, 4.69) is 56.0 Å². The average molecular weight is 267 g/mol. The fraction of sp³-hybridized carbons (Fsp3) is 0.714. The van der Waals surface area contributed by atoms with E-state index in [1.807, 2.05) is 18.7 Å². The molecule has 1 heterocycles. The summed E-state index contributed by atoms with van der Waals surface area (Å²) in [5, 5.41) is 3.39. The Morgan fingerprint density at radius 1 is 1.28 bits per heavy atom. The fourth-order valence-corrected chi connectivity index (χ4v) is 2.14. The van der Waals surface area contributed by atoms with Crippen LogP contribution in [0.3, 0.4) is 0 Å². The molecule has 0 aromatic carbocycles. The molecule has 0 aliphatic heterocycles. The molecule has 1 rings (SSSR count). The predicted molar refractivity (Wildman–Crippen MR) is 79.8 cm³/mol. The Morgan fingerprint density at radius 3 is 2.50 bits per heavy atom. The molecule has 0 spiro atoms. The van der Waals surface area contributed by atoms with E-state index in [0.29, 0.717) is 6.04 Å². The molecule has 4 heteroatoms. The highest BCUT2D eigenvalue weighted by Crippen LogP contribution is 2.26. The van der Waals surface area contributed by atoms with Crippen molar-refractivity contribution in [2.45, 2.75) is 64.6 Å². The Labute approximate surface area is 115 Å². The zero-order valence-corrected chi connectivity index (χ0v) is 13.2. The third-order valence-electron chi connectivity index (χ3n) is 2.28. The second kappa shape index (κ2) is 6.53. The Kier molecular flexibility index (Phi) is 5.60. The van der Waals surface area contributed by atoms with E-state index in [-0.39, 0.29) is 4.75 Å². The lowest BCUT2D eigenvalue weighted by molar-refractivity contribution is 0.579. The number of hydrogen-bond acceptors (Lipinski definition) is 4. The van der Waals surface area contributed by atoms with Crippen LogP contribution in [0.15, 0.2) is 6.07 Å². The van der Waals surface area contributed by atoms with Gasteiger partial charge in [-0.2, -0.15) is 0 Å². The minimum atomic E-state index is 0.253. The van der Waals surface area contributed by atoms with Crippen molar-refractivity contribution in [1.82, 2.24) is 15.3 Å². The van der Waals surface area contributed by atoms with Gasteiger partial charge < -0.3 is 5.32 Å². The Morgan fingerprint density at radius 2 is 1.94 bits per heavy atom. The standard InChI is InChI=1S/C14H25N3S/c1-10(2)15-8-12-7-11(3)16-13(17-12)9-18-14(4,5)6/h7,10,15H,8-9H2,1-6H3. The van der Waals surface area contributed by atoms with Crippen molar-refractivity contribution in [3.05, 3.63) is 23.3 Å². The molecule has 0 fully saturated rings. The molecule has 0 aliphatic rings. The Balaban J connectivity index is 2.68. The van der Waals surface area contributed by atoms with Crippen molar-refractivity contribution in [3.63, 3.8) is 0 Å². The summed E-state index contributed by atoms with van der Waals surface area (Å²) >= 11 is 1.88. The maximum atomic E-state index is 4.61. The number of nitrogens with one attached hydrogen (secondary N) is 1. The van der Waals surface area contributed by atoms with Crippen LogP contribution in [-0.2, 0) is 12.3 Å². The summed E-state index contributed by atoms with van der Waals surface area (Å²) in [6, 6.07) is 2.54. The third kappa shape index (κ3) is 6.36. The number of hydrogen-bond donors (Lipinski definition) is 1. The first-order valence-corrected chi connectivity index (χ1v) is 7.45. The lowest BCUT2D eigenvalue weighted by atomic mass is 10.3. The first-order valence-electron chi connectivity index (χ1n) is 6.47. The molecule has 0 saturated carbocycles. The van der Waals surface area contributed by atoms with Crippen molar-refractivity contribution in [2.75, 3.05) is 0 Å². The Hall–Kier alpha value is -0.610. The van der Waals surface area contributed by atoms with E-state index >= 15 is 0 Å². The maximum absolute atomic E-state index is 4.61. The van der Waals surface area contributed by atoms with Gasteiger partial charge in [-0.1, -0.05) is 34.6 Å². The van der Waals surface area contributed by atoms with Crippen LogP contribution in [-0.4, -0.2) is 20.8 Å². The van der Waals surface area contributed by atoms with Gasteiger partial charge >= 0.3 is 0 Å². The molecule has 0 atom stereocenters. The normalized spacial score (nSPS) is 12.2. The zero-order chi connectivity index (χ0) is 13.8. The van der Waals surface area contributed by atoms with E-state index in [4.69, 9.17) is 0 Å². The second-order valence-electron chi connectivity index (χ2n) is 5.85. The molecule has 1 N–H and O–H groups in total. The van der Waals surface area contributed by atoms with Crippen LogP contribution in [0.5, 0.6) is 0 Å². The molecule has 102 valence electrons. The summed E-state index contributed by atoms with van der Waals surface area (Å²) < 4.78 is 0.253. The molecule has 0 aliphatic carbocycles. The van der Waals surface area contributed by atoms with Gasteiger partial charge in [0.1, 0.15) is 5.82 Å². The van der Waals surface area contributed by atoms with Gasteiger partial charge in [0.2, 0.25) is 0 Å². The van der Waals surface area contributed by atoms with Gasteiger partial charge in [-0.25, -0.2) is 9.97 Å². The SMILES string of the molecule is Cc1cc(CNC(C)C)nc(CSC(C)(C)C)n1. The van der Waals surface area contributed by atoms with Gasteiger partial charge in [-0.3, -0.25) is 0 Å². The monoisotopic (exact) mass is 267 g/mol. The number of aromatic nitrogens is 2. The van der Waals surface area contributed by atoms with Gasteiger partial charge in [0.25, 0.3) is 0 Å². The molecule has 0 radical (unpaired) electrons. The van der Waals surface area contributed by atoms with E-state index in [9.17, 15) is 0 Å². The largest absolute Gasteiger partial charge is 0.309 e. The molecule has 0 amide bonds. The van der Waals surface area contributed by atoms with Crippen LogP contribution < -0.4 is 5.32 Å². The van der Waals surface area contributed by atoms with E-state index in [1.165, 1.54) is 0 Å². The van der Waals surface area contributed by atoms with Crippen molar-refractivity contribution >= 4 is 11.8 Å². The summed E-state index contributed by atoms with van der Waals surface area (Å²) in [4.78, 5) is 9.12. The zero-order valence-electron chi connectivity index (χ0n) is 12.4. The minimum Gasteiger partial charge on any atom is -0.309 e. The van der Waals surface area contributed by atoms with Crippen LogP contribution in [0.1, 0.15) is 51.8 Å². The van der Waals surface area contributed by atoms with Gasteiger partial charge in [0.05, 0.1) is 11.4 Å². The first kappa shape index (κ1) is 15.4. The van der Waals surface area contributed by atoms with Gasteiger partial charge in [0, 0.05) is 23.0 Å². The second-order valence-corrected chi connectivity index (χ2v) is 7.66. The maximum Gasteiger partial charge on any atom is 0.138 e. The van der Waals surface area contributed by atoms with Gasteiger partial charge in [-0.05, 0) is 13.0 Å². The molecular weight excluding hydrogens is 242 g/mol. The highest BCUT2D eigenvalue weighted by Gasteiger charge is 2.12. The molecule has 3 nitrogen and oxygen atoms in total. The molecule has 0 unspecified atom stereocenters. The number of rotatable bonds is 5. The number of thioether (sulfide) groups is 1. The number of aryl methyl sites for hydroxylation is 1. The van der Waals surface area contributed by atoms with E-state index in [0.717, 1.165) is 29.5 Å². The van der Waals surface area contributed by atoms with Crippen molar-refractivity contribution < 1.29 is 0 Å². The molecule has 1 aromatic heterocycles. The fourth-order valence-electron chi connectivity index (χ4n) is 1.44. The van der Waals surface area contributed by atoms with E-state index in [1.54, 1.807) is 0 Å². The third-order valence-corrected chi connectivity index (χ3v) is 3.55. The van der Waals surface area contributed by atoms with Crippen molar-refractivity contribution in [1.29, 1.82) is 0 Å². The summed E-state index contributed by atoms with van der Waals surface area (Å²) in [7, 11) is 0. The van der Waals surface area contributed by atoms with E-state index < -0.39 is 0 Å². The molecule has 1 aromatic rings. The van der Waals surface area contributed by atoms with Crippen LogP contribution in [0.25, 0.3) is 0 Å². The summed E-state index contributed by atoms with van der Waals surface area (Å²) in [6.45, 7) is 13.8. The van der Waals surface area contributed by atoms with Gasteiger partial charge in [-0.15, -0.1) is 11.8 Å². The topological polar surface area (TPSA) is 37.8 Å². The lowest BCUT2D eigenvalue weighted by Gasteiger charge is -2.17. The summed E-state index contributed by atoms with van der Waals surface area (Å²) in [6.07, 6.45) is 0. The van der Waals surface area contributed by atoms with Crippen LogP contribution in [0, 0.1) is 6.92 Å². The highest BCUT2D eigenvalue weighted by molar-refractivity contribution is 7.99. The quantitative estimate of drug-likeness (QED) is 0.888.